The fourth-order valence-corrected chi connectivity index (χ4v) is 2.10. The highest BCUT2D eigenvalue weighted by Crippen LogP contribution is 2.17. The Bertz CT molecular complexity index is 368. The van der Waals surface area contributed by atoms with E-state index in [9.17, 15) is 9.59 Å². The summed E-state index contributed by atoms with van der Waals surface area (Å²) in [6.07, 6.45) is 7.95. The van der Waals surface area contributed by atoms with E-state index in [0.717, 1.165) is 25.7 Å². The van der Waals surface area contributed by atoms with Gasteiger partial charge in [0, 0.05) is 11.6 Å². The molecule has 1 saturated carbocycles. The van der Waals surface area contributed by atoms with E-state index in [1.54, 1.807) is 26.0 Å². The second-order valence-corrected chi connectivity index (χ2v) is 4.98. The van der Waals surface area contributed by atoms with E-state index in [2.05, 4.69) is 11.9 Å². The van der Waals surface area contributed by atoms with Crippen molar-refractivity contribution in [1.82, 2.24) is 5.32 Å². The van der Waals surface area contributed by atoms with Crippen molar-refractivity contribution in [1.29, 1.82) is 0 Å². The van der Waals surface area contributed by atoms with E-state index in [-0.39, 0.29) is 11.9 Å². The molecule has 19 heavy (non-hydrogen) atoms. The molecule has 0 aromatic heterocycles. The number of rotatable bonds is 5. The maximum Gasteiger partial charge on any atom is 0.334 e. The van der Waals surface area contributed by atoms with Crippen LogP contribution in [-0.4, -0.2) is 24.0 Å². The summed E-state index contributed by atoms with van der Waals surface area (Å²) < 4.78 is 5.12. The standard InChI is InChI=1S/C15H23NO3/c1-4-8-13(19-15(18)11(2)3)14(17)16-12-9-6-5-7-10-12/h4,8,12-13H,2,5-7,9-10H2,1,3H3,(H,16,17)/b8-4+. The highest BCUT2D eigenvalue weighted by Gasteiger charge is 2.23. The van der Waals surface area contributed by atoms with Gasteiger partial charge >= 0.3 is 5.97 Å². The van der Waals surface area contributed by atoms with Crippen LogP contribution < -0.4 is 5.32 Å². The van der Waals surface area contributed by atoms with Crippen LogP contribution >= 0.6 is 0 Å². The Morgan fingerprint density at radius 1 is 1.32 bits per heavy atom. The van der Waals surface area contributed by atoms with Crippen molar-refractivity contribution >= 4 is 11.9 Å². The number of amides is 1. The van der Waals surface area contributed by atoms with Gasteiger partial charge in [-0.05, 0) is 32.8 Å². The van der Waals surface area contributed by atoms with Gasteiger partial charge in [0.15, 0.2) is 6.10 Å². The zero-order valence-electron chi connectivity index (χ0n) is 11.8. The van der Waals surface area contributed by atoms with Crippen LogP contribution in [0.25, 0.3) is 0 Å². The summed E-state index contributed by atoms with van der Waals surface area (Å²) >= 11 is 0. The van der Waals surface area contributed by atoms with Crippen molar-refractivity contribution in [2.75, 3.05) is 0 Å². The summed E-state index contributed by atoms with van der Waals surface area (Å²) in [5, 5.41) is 2.95. The lowest BCUT2D eigenvalue weighted by Crippen LogP contribution is -2.43. The van der Waals surface area contributed by atoms with Gasteiger partial charge in [0.1, 0.15) is 0 Å². The van der Waals surface area contributed by atoms with Gasteiger partial charge in [0.2, 0.25) is 0 Å². The normalized spacial score (nSPS) is 18.0. The first-order chi connectivity index (χ1) is 9.04. The van der Waals surface area contributed by atoms with Crippen molar-refractivity contribution in [2.24, 2.45) is 0 Å². The molecule has 1 unspecified atom stereocenters. The average Bonchev–Trinajstić information content (AvgIpc) is 2.39. The SMILES string of the molecule is C=C(C)C(=O)OC(/C=C/C)C(=O)NC1CCCCC1. The van der Waals surface area contributed by atoms with Crippen molar-refractivity contribution in [3.63, 3.8) is 0 Å². The molecule has 0 saturated heterocycles. The molecule has 1 N–H and O–H groups in total. The first-order valence-corrected chi connectivity index (χ1v) is 6.84. The van der Waals surface area contributed by atoms with Gasteiger partial charge in [-0.3, -0.25) is 4.79 Å². The highest BCUT2D eigenvalue weighted by molar-refractivity contribution is 5.91. The maximum absolute atomic E-state index is 12.1. The van der Waals surface area contributed by atoms with Crippen LogP contribution in [0.3, 0.4) is 0 Å². The largest absolute Gasteiger partial charge is 0.445 e. The van der Waals surface area contributed by atoms with Crippen LogP contribution in [0, 0.1) is 0 Å². The number of allylic oxidation sites excluding steroid dienone is 1. The molecule has 0 spiro atoms. The molecule has 1 aliphatic rings. The molecular weight excluding hydrogens is 242 g/mol. The van der Waals surface area contributed by atoms with E-state index < -0.39 is 12.1 Å². The van der Waals surface area contributed by atoms with Gasteiger partial charge in [0.25, 0.3) is 5.91 Å². The predicted molar refractivity (Wildman–Crippen MR) is 74.5 cm³/mol. The van der Waals surface area contributed by atoms with Gasteiger partial charge in [0.05, 0.1) is 0 Å². The Hall–Kier alpha value is -1.58. The molecule has 0 radical (unpaired) electrons. The summed E-state index contributed by atoms with van der Waals surface area (Å²) in [4.78, 5) is 23.6. The van der Waals surface area contributed by atoms with Crippen molar-refractivity contribution in [3.8, 4) is 0 Å². The second-order valence-electron chi connectivity index (χ2n) is 4.98. The topological polar surface area (TPSA) is 55.4 Å². The number of nitrogens with one attached hydrogen (secondary N) is 1. The molecule has 0 aliphatic heterocycles. The zero-order valence-corrected chi connectivity index (χ0v) is 11.8. The minimum atomic E-state index is -0.865. The molecule has 0 bridgehead atoms. The Labute approximate surface area is 114 Å². The lowest BCUT2D eigenvalue weighted by Gasteiger charge is -2.24. The molecule has 4 heteroatoms. The molecular formula is C15H23NO3. The van der Waals surface area contributed by atoms with Gasteiger partial charge < -0.3 is 10.1 Å². The van der Waals surface area contributed by atoms with Crippen LogP contribution in [0.15, 0.2) is 24.3 Å². The van der Waals surface area contributed by atoms with Crippen LogP contribution in [0.1, 0.15) is 46.0 Å². The molecule has 0 heterocycles. The molecule has 106 valence electrons. The number of carbonyl (C=O) groups is 2. The third-order valence-corrected chi connectivity index (χ3v) is 3.16. The van der Waals surface area contributed by atoms with E-state index in [4.69, 9.17) is 4.74 Å². The third kappa shape index (κ3) is 5.28. The van der Waals surface area contributed by atoms with Gasteiger partial charge in [-0.25, -0.2) is 4.79 Å². The maximum atomic E-state index is 12.1. The molecule has 1 rings (SSSR count). The highest BCUT2D eigenvalue weighted by atomic mass is 16.5. The Kier molecular flexibility index (Phi) is 6.33. The van der Waals surface area contributed by atoms with Crippen LogP contribution in [-0.2, 0) is 14.3 Å². The van der Waals surface area contributed by atoms with Crippen LogP contribution in [0.2, 0.25) is 0 Å². The fourth-order valence-electron chi connectivity index (χ4n) is 2.10. The monoisotopic (exact) mass is 265 g/mol. The Balaban J connectivity index is 2.56. The number of ether oxygens (including phenoxy) is 1. The first-order valence-electron chi connectivity index (χ1n) is 6.84. The summed E-state index contributed by atoms with van der Waals surface area (Å²) in [5.41, 5.74) is 0.292. The number of esters is 1. The second kappa shape index (κ2) is 7.77. The first kappa shape index (κ1) is 15.5. The lowest BCUT2D eigenvalue weighted by molar-refractivity contribution is -0.149. The van der Waals surface area contributed by atoms with Gasteiger partial charge in [-0.1, -0.05) is 31.9 Å². The molecule has 1 aliphatic carbocycles. The van der Waals surface area contributed by atoms with E-state index in [0.29, 0.717) is 5.57 Å². The molecule has 0 aromatic rings. The number of hydrogen-bond acceptors (Lipinski definition) is 3. The van der Waals surface area contributed by atoms with Crippen molar-refractivity contribution in [2.45, 2.75) is 58.1 Å². The smallest absolute Gasteiger partial charge is 0.334 e. The van der Waals surface area contributed by atoms with Gasteiger partial charge in [-0.15, -0.1) is 0 Å². The summed E-state index contributed by atoms with van der Waals surface area (Å²) in [7, 11) is 0. The van der Waals surface area contributed by atoms with Crippen molar-refractivity contribution < 1.29 is 14.3 Å². The number of hydrogen-bond donors (Lipinski definition) is 1. The fraction of sp³-hybridized carbons (Fsp3) is 0.600. The summed E-state index contributed by atoms with van der Waals surface area (Å²) in [6.45, 7) is 6.86. The van der Waals surface area contributed by atoms with Crippen LogP contribution in [0.5, 0.6) is 0 Å². The summed E-state index contributed by atoms with van der Waals surface area (Å²) in [5.74, 6) is -0.790. The van der Waals surface area contributed by atoms with E-state index in [1.165, 1.54) is 6.42 Å². The third-order valence-electron chi connectivity index (χ3n) is 3.16. The average molecular weight is 265 g/mol. The van der Waals surface area contributed by atoms with Crippen LogP contribution in [0.4, 0.5) is 0 Å². The Morgan fingerprint density at radius 2 is 1.95 bits per heavy atom. The van der Waals surface area contributed by atoms with E-state index in [1.807, 2.05) is 0 Å². The molecule has 1 amide bonds. The van der Waals surface area contributed by atoms with Crippen molar-refractivity contribution in [3.05, 3.63) is 24.3 Å². The molecule has 1 atom stereocenters. The van der Waals surface area contributed by atoms with E-state index >= 15 is 0 Å². The molecule has 0 aromatic carbocycles. The lowest BCUT2D eigenvalue weighted by atomic mass is 9.95. The zero-order chi connectivity index (χ0) is 14.3. The quantitative estimate of drug-likeness (QED) is 0.472. The minimum Gasteiger partial charge on any atom is -0.445 e. The summed E-state index contributed by atoms with van der Waals surface area (Å²) in [6, 6.07) is 0.206. The predicted octanol–water partition coefficient (Wildman–Crippen LogP) is 2.50. The molecule has 4 nitrogen and oxygen atoms in total. The minimum absolute atomic E-state index is 0.206. The molecule has 1 fully saturated rings. The number of carbonyl (C=O) groups excluding carboxylic acids is 2. The Morgan fingerprint density at radius 3 is 2.47 bits per heavy atom. The van der Waals surface area contributed by atoms with Gasteiger partial charge in [-0.2, -0.15) is 0 Å².